The standard InChI is InChI=1S/C18H18F3N3S/c19-18(20,21)16-11-13-14(23-8-2-1-3-9-23)5-4-6-15(13)24(16)12-17-22-7-10-25-17/h4-7,10-11H,1-3,8-9,12H2. The summed E-state index contributed by atoms with van der Waals surface area (Å²) in [5.41, 5.74) is 0.911. The number of aromatic nitrogens is 2. The first-order chi connectivity index (χ1) is 12.0. The molecule has 0 atom stereocenters. The van der Waals surface area contributed by atoms with Gasteiger partial charge in [-0.05, 0) is 37.5 Å². The molecule has 1 fully saturated rings. The molecule has 1 saturated heterocycles. The van der Waals surface area contributed by atoms with Gasteiger partial charge in [0.15, 0.2) is 0 Å². The third kappa shape index (κ3) is 3.13. The average Bonchev–Trinajstić information content (AvgIpc) is 3.23. The molecule has 0 saturated carbocycles. The van der Waals surface area contributed by atoms with Crippen LogP contribution in [-0.4, -0.2) is 22.6 Å². The monoisotopic (exact) mass is 365 g/mol. The maximum Gasteiger partial charge on any atom is 0.431 e. The minimum atomic E-state index is -4.39. The quantitative estimate of drug-likeness (QED) is 0.640. The van der Waals surface area contributed by atoms with Gasteiger partial charge in [0.05, 0.1) is 12.1 Å². The van der Waals surface area contributed by atoms with E-state index in [2.05, 4.69) is 9.88 Å². The topological polar surface area (TPSA) is 21.1 Å². The van der Waals surface area contributed by atoms with Crippen molar-refractivity contribution in [3.8, 4) is 0 Å². The first-order valence-corrected chi connectivity index (χ1v) is 9.25. The van der Waals surface area contributed by atoms with Gasteiger partial charge in [-0.2, -0.15) is 13.2 Å². The van der Waals surface area contributed by atoms with Gasteiger partial charge >= 0.3 is 6.18 Å². The van der Waals surface area contributed by atoms with Crippen LogP contribution in [0.5, 0.6) is 0 Å². The summed E-state index contributed by atoms with van der Waals surface area (Å²) in [5, 5.41) is 3.13. The number of hydrogen-bond donors (Lipinski definition) is 0. The smallest absolute Gasteiger partial charge is 0.371 e. The van der Waals surface area contributed by atoms with Crippen LogP contribution in [0.4, 0.5) is 18.9 Å². The second-order valence-corrected chi connectivity index (χ2v) is 7.28. The second kappa shape index (κ2) is 6.37. The average molecular weight is 365 g/mol. The van der Waals surface area contributed by atoms with E-state index in [1.54, 1.807) is 17.6 Å². The Morgan fingerprint density at radius 2 is 1.92 bits per heavy atom. The van der Waals surface area contributed by atoms with Crippen molar-refractivity contribution in [2.24, 2.45) is 0 Å². The molecule has 1 aliphatic heterocycles. The van der Waals surface area contributed by atoms with Gasteiger partial charge in [-0.3, -0.25) is 0 Å². The number of benzene rings is 1. The lowest BCUT2D eigenvalue weighted by Crippen LogP contribution is -2.29. The summed E-state index contributed by atoms with van der Waals surface area (Å²) in [6.45, 7) is 1.94. The van der Waals surface area contributed by atoms with Gasteiger partial charge in [0.25, 0.3) is 0 Å². The van der Waals surface area contributed by atoms with Crippen molar-refractivity contribution in [1.29, 1.82) is 0 Å². The molecule has 3 aromatic rings. The van der Waals surface area contributed by atoms with E-state index >= 15 is 0 Å². The molecule has 0 amide bonds. The molecule has 4 rings (SSSR count). The molecule has 2 aromatic heterocycles. The van der Waals surface area contributed by atoms with Gasteiger partial charge in [-0.1, -0.05) is 6.07 Å². The zero-order valence-electron chi connectivity index (χ0n) is 13.6. The van der Waals surface area contributed by atoms with Crippen LogP contribution >= 0.6 is 11.3 Å². The minimum absolute atomic E-state index is 0.138. The molecule has 0 spiro atoms. The third-order valence-corrected chi connectivity index (χ3v) is 5.45. The maximum atomic E-state index is 13.6. The maximum absolute atomic E-state index is 13.6. The Morgan fingerprint density at radius 3 is 2.60 bits per heavy atom. The number of piperidine rings is 1. The summed E-state index contributed by atoms with van der Waals surface area (Å²) in [6, 6.07) is 6.85. The Kier molecular flexibility index (Phi) is 4.19. The normalized spacial score (nSPS) is 15.9. The van der Waals surface area contributed by atoms with E-state index in [0.29, 0.717) is 15.9 Å². The van der Waals surface area contributed by atoms with Crippen LogP contribution < -0.4 is 4.90 Å². The van der Waals surface area contributed by atoms with E-state index in [0.717, 1.165) is 31.6 Å². The molecular formula is C18H18F3N3S. The van der Waals surface area contributed by atoms with Crippen molar-refractivity contribution < 1.29 is 13.2 Å². The predicted octanol–water partition coefficient (Wildman–Crippen LogP) is 5.16. The Balaban J connectivity index is 1.86. The zero-order valence-corrected chi connectivity index (χ0v) is 14.4. The summed E-state index contributed by atoms with van der Waals surface area (Å²) < 4.78 is 42.3. The number of anilines is 1. The second-order valence-electron chi connectivity index (χ2n) is 6.30. The SMILES string of the molecule is FC(F)(F)c1cc2c(N3CCCCC3)cccc2n1Cc1nccs1. The van der Waals surface area contributed by atoms with Crippen LogP contribution in [0.3, 0.4) is 0 Å². The lowest BCUT2D eigenvalue weighted by atomic mass is 10.1. The highest BCUT2D eigenvalue weighted by molar-refractivity contribution is 7.09. The molecule has 25 heavy (non-hydrogen) atoms. The first-order valence-electron chi connectivity index (χ1n) is 8.37. The Morgan fingerprint density at radius 1 is 1.12 bits per heavy atom. The molecule has 7 heteroatoms. The van der Waals surface area contributed by atoms with Gasteiger partial charge in [0.2, 0.25) is 0 Å². The van der Waals surface area contributed by atoms with Gasteiger partial charge in [-0.15, -0.1) is 11.3 Å². The molecule has 0 aliphatic carbocycles. The highest BCUT2D eigenvalue weighted by atomic mass is 32.1. The summed E-state index contributed by atoms with van der Waals surface area (Å²) in [7, 11) is 0. The van der Waals surface area contributed by atoms with E-state index < -0.39 is 11.9 Å². The molecule has 0 bridgehead atoms. The number of rotatable bonds is 3. The Labute approximate surface area is 147 Å². The predicted molar refractivity (Wildman–Crippen MR) is 94.2 cm³/mol. The number of halogens is 3. The minimum Gasteiger partial charge on any atom is -0.371 e. The van der Waals surface area contributed by atoms with Crippen LogP contribution in [0.25, 0.3) is 10.9 Å². The van der Waals surface area contributed by atoms with Crippen molar-refractivity contribution in [2.45, 2.75) is 32.0 Å². The fraction of sp³-hybridized carbons (Fsp3) is 0.389. The van der Waals surface area contributed by atoms with Gasteiger partial charge < -0.3 is 9.47 Å². The fourth-order valence-corrected chi connectivity index (χ4v) is 4.16. The van der Waals surface area contributed by atoms with E-state index in [1.165, 1.54) is 28.4 Å². The van der Waals surface area contributed by atoms with Crippen molar-refractivity contribution in [3.05, 3.63) is 46.5 Å². The number of alkyl halides is 3. The Hall–Kier alpha value is -2.02. The van der Waals surface area contributed by atoms with E-state index in [1.807, 2.05) is 12.1 Å². The lowest BCUT2D eigenvalue weighted by Gasteiger charge is -2.29. The van der Waals surface area contributed by atoms with Crippen LogP contribution in [0.15, 0.2) is 35.8 Å². The number of hydrogen-bond acceptors (Lipinski definition) is 3. The lowest BCUT2D eigenvalue weighted by molar-refractivity contribution is -0.143. The van der Waals surface area contributed by atoms with Crippen molar-refractivity contribution >= 4 is 27.9 Å². The van der Waals surface area contributed by atoms with Gasteiger partial charge in [0, 0.05) is 35.7 Å². The van der Waals surface area contributed by atoms with Gasteiger partial charge in [-0.25, -0.2) is 4.98 Å². The van der Waals surface area contributed by atoms with Crippen LogP contribution in [0, 0.1) is 0 Å². The van der Waals surface area contributed by atoms with Crippen molar-refractivity contribution in [1.82, 2.24) is 9.55 Å². The van der Waals surface area contributed by atoms with Crippen LogP contribution in [0.2, 0.25) is 0 Å². The molecule has 132 valence electrons. The van der Waals surface area contributed by atoms with E-state index in [-0.39, 0.29) is 6.54 Å². The molecule has 3 heterocycles. The molecule has 1 aliphatic rings. The highest BCUT2D eigenvalue weighted by Crippen LogP contribution is 2.38. The first kappa shape index (κ1) is 16.4. The number of thiazole rings is 1. The third-order valence-electron chi connectivity index (χ3n) is 4.69. The molecule has 1 aromatic carbocycles. The largest absolute Gasteiger partial charge is 0.431 e. The summed E-state index contributed by atoms with van der Waals surface area (Å²) in [6.07, 6.45) is 0.587. The van der Waals surface area contributed by atoms with E-state index in [9.17, 15) is 13.2 Å². The summed E-state index contributed by atoms with van der Waals surface area (Å²) >= 11 is 1.37. The highest BCUT2D eigenvalue weighted by Gasteiger charge is 2.36. The zero-order chi connectivity index (χ0) is 17.4. The number of nitrogens with zero attached hydrogens (tertiary/aromatic N) is 3. The van der Waals surface area contributed by atoms with Crippen LogP contribution in [0.1, 0.15) is 30.0 Å². The van der Waals surface area contributed by atoms with Crippen LogP contribution in [-0.2, 0) is 12.7 Å². The summed E-state index contributed by atoms with van der Waals surface area (Å²) in [4.78, 5) is 6.36. The number of fused-ring (bicyclic) bond motifs is 1. The molecule has 0 unspecified atom stereocenters. The molecule has 3 nitrogen and oxygen atoms in total. The molecular weight excluding hydrogens is 347 g/mol. The van der Waals surface area contributed by atoms with Crippen molar-refractivity contribution in [2.75, 3.05) is 18.0 Å². The fourth-order valence-electron chi connectivity index (χ4n) is 3.55. The summed E-state index contributed by atoms with van der Waals surface area (Å²) in [5.74, 6) is 0. The van der Waals surface area contributed by atoms with Gasteiger partial charge in [0.1, 0.15) is 10.7 Å². The van der Waals surface area contributed by atoms with Crippen molar-refractivity contribution in [3.63, 3.8) is 0 Å². The Bertz CT molecular complexity index is 862. The molecule has 0 radical (unpaired) electrons. The molecule has 0 N–H and O–H groups in total. The van der Waals surface area contributed by atoms with E-state index in [4.69, 9.17) is 0 Å².